The molecule has 6 heteroatoms. The van der Waals surface area contributed by atoms with Crippen molar-refractivity contribution in [3.8, 4) is 0 Å². The Balaban J connectivity index is 1.58. The minimum atomic E-state index is 0.0718. The first-order valence-electron chi connectivity index (χ1n) is 12.0. The Bertz CT molecular complexity index is 724. The molecule has 0 aromatic heterocycles. The fourth-order valence-corrected chi connectivity index (χ4v) is 4.49. The molecule has 1 aromatic carbocycles. The highest BCUT2D eigenvalue weighted by Crippen LogP contribution is 2.34. The third-order valence-electron chi connectivity index (χ3n) is 6.32. The van der Waals surface area contributed by atoms with E-state index < -0.39 is 0 Å². The van der Waals surface area contributed by atoms with Crippen LogP contribution in [0.1, 0.15) is 63.7 Å². The SMILES string of the molecule is CCNC(=NCC1CCCOC1c1ccc(C)cc1)NC1CCN(C(=O)C(C)C)CC1. The van der Waals surface area contributed by atoms with E-state index >= 15 is 0 Å². The topological polar surface area (TPSA) is 66.0 Å². The summed E-state index contributed by atoms with van der Waals surface area (Å²) in [5.74, 6) is 1.60. The number of hydrogen-bond acceptors (Lipinski definition) is 3. The average molecular weight is 429 g/mol. The summed E-state index contributed by atoms with van der Waals surface area (Å²) in [4.78, 5) is 19.2. The summed E-state index contributed by atoms with van der Waals surface area (Å²) in [5, 5.41) is 7.01. The predicted octanol–water partition coefficient (Wildman–Crippen LogP) is 3.66. The van der Waals surface area contributed by atoms with Crippen LogP contribution in [-0.4, -0.2) is 55.6 Å². The number of likely N-dealkylation sites (tertiary alicyclic amines) is 1. The lowest BCUT2D eigenvalue weighted by molar-refractivity contribution is -0.135. The second-order valence-corrected chi connectivity index (χ2v) is 9.22. The van der Waals surface area contributed by atoms with Crippen molar-refractivity contribution < 1.29 is 9.53 Å². The molecule has 2 N–H and O–H groups in total. The highest BCUT2D eigenvalue weighted by atomic mass is 16.5. The van der Waals surface area contributed by atoms with Crippen LogP contribution in [0, 0.1) is 18.8 Å². The third kappa shape index (κ3) is 6.70. The van der Waals surface area contributed by atoms with E-state index in [0.717, 1.165) is 64.4 Å². The van der Waals surface area contributed by atoms with Gasteiger partial charge in [0.1, 0.15) is 0 Å². The monoisotopic (exact) mass is 428 g/mol. The largest absolute Gasteiger partial charge is 0.373 e. The molecule has 2 fully saturated rings. The van der Waals surface area contributed by atoms with Crippen molar-refractivity contribution in [1.29, 1.82) is 0 Å². The standard InChI is InChI=1S/C25H40N4O2/c1-5-26-25(28-22-12-14-29(15-13-22)24(30)18(2)3)27-17-21-7-6-16-31-23(21)20-10-8-19(4)9-11-20/h8-11,18,21-23H,5-7,12-17H2,1-4H3,(H2,26,27,28). The number of nitrogens with zero attached hydrogens (tertiary/aromatic N) is 2. The highest BCUT2D eigenvalue weighted by Gasteiger charge is 2.28. The van der Waals surface area contributed by atoms with Gasteiger partial charge in [-0.25, -0.2) is 0 Å². The number of aliphatic imine (C=N–C) groups is 1. The first-order chi connectivity index (χ1) is 15.0. The number of benzene rings is 1. The molecule has 172 valence electrons. The molecule has 3 rings (SSSR count). The second-order valence-electron chi connectivity index (χ2n) is 9.22. The van der Waals surface area contributed by atoms with E-state index in [1.165, 1.54) is 11.1 Å². The minimum absolute atomic E-state index is 0.0718. The van der Waals surface area contributed by atoms with E-state index in [9.17, 15) is 4.79 Å². The molecule has 2 atom stereocenters. The number of ether oxygens (including phenoxy) is 1. The van der Waals surface area contributed by atoms with E-state index in [1.54, 1.807) is 0 Å². The van der Waals surface area contributed by atoms with Gasteiger partial charge in [-0.1, -0.05) is 43.7 Å². The molecule has 2 heterocycles. The zero-order valence-electron chi connectivity index (χ0n) is 19.7. The summed E-state index contributed by atoms with van der Waals surface area (Å²) < 4.78 is 6.16. The number of aryl methyl sites for hydroxylation is 1. The first-order valence-corrected chi connectivity index (χ1v) is 12.0. The normalized spacial score (nSPS) is 23.1. The molecule has 0 aliphatic carbocycles. The van der Waals surface area contributed by atoms with Gasteiger partial charge in [-0.2, -0.15) is 0 Å². The fourth-order valence-electron chi connectivity index (χ4n) is 4.49. The number of guanidine groups is 1. The van der Waals surface area contributed by atoms with Crippen molar-refractivity contribution in [1.82, 2.24) is 15.5 Å². The van der Waals surface area contributed by atoms with E-state index in [-0.39, 0.29) is 17.9 Å². The number of nitrogens with one attached hydrogen (secondary N) is 2. The molecule has 0 bridgehead atoms. The molecular weight excluding hydrogens is 388 g/mol. The predicted molar refractivity (Wildman–Crippen MR) is 126 cm³/mol. The highest BCUT2D eigenvalue weighted by molar-refractivity contribution is 5.80. The van der Waals surface area contributed by atoms with Crippen molar-refractivity contribution in [3.63, 3.8) is 0 Å². The molecule has 2 aliphatic rings. The van der Waals surface area contributed by atoms with E-state index in [2.05, 4.69) is 48.7 Å². The van der Waals surface area contributed by atoms with Gasteiger partial charge in [0.2, 0.25) is 5.91 Å². The quantitative estimate of drug-likeness (QED) is 0.536. The summed E-state index contributed by atoms with van der Waals surface area (Å²) in [6, 6.07) is 9.06. The molecule has 2 aliphatic heterocycles. The van der Waals surface area contributed by atoms with Crippen LogP contribution in [0.25, 0.3) is 0 Å². The molecule has 2 unspecified atom stereocenters. The minimum Gasteiger partial charge on any atom is -0.373 e. The van der Waals surface area contributed by atoms with E-state index in [0.29, 0.717) is 12.0 Å². The van der Waals surface area contributed by atoms with Crippen LogP contribution >= 0.6 is 0 Å². The summed E-state index contributed by atoms with van der Waals surface area (Å²) >= 11 is 0. The number of hydrogen-bond donors (Lipinski definition) is 2. The second kappa shape index (κ2) is 11.5. The van der Waals surface area contributed by atoms with Gasteiger partial charge >= 0.3 is 0 Å². The molecule has 0 radical (unpaired) electrons. The van der Waals surface area contributed by atoms with Crippen molar-refractivity contribution in [3.05, 3.63) is 35.4 Å². The zero-order chi connectivity index (χ0) is 22.2. The number of amides is 1. The van der Waals surface area contributed by atoms with Gasteiger partial charge in [0.25, 0.3) is 0 Å². The van der Waals surface area contributed by atoms with Gasteiger partial charge in [-0.05, 0) is 45.1 Å². The lowest BCUT2D eigenvalue weighted by Crippen LogP contribution is -2.50. The summed E-state index contributed by atoms with van der Waals surface area (Å²) in [6.07, 6.45) is 4.26. The number of rotatable bonds is 6. The van der Waals surface area contributed by atoms with Crippen molar-refractivity contribution in [2.24, 2.45) is 16.8 Å². The van der Waals surface area contributed by atoms with Gasteiger partial charge in [-0.15, -0.1) is 0 Å². The number of carbonyl (C=O) groups excluding carboxylic acids is 1. The van der Waals surface area contributed by atoms with Crippen molar-refractivity contribution >= 4 is 11.9 Å². The van der Waals surface area contributed by atoms with Crippen LogP contribution in [0.3, 0.4) is 0 Å². The zero-order valence-corrected chi connectivity index (χ0v) is 19.7. The van der Waals surface area contributed by atoms with Crippen molar-refractivity contribution in [2.45, 2.75) is 65.5 Å². The van der Waals surface area contributed by atoms with Gasteiger partial charge in [0, 0.05) is 50.7 Å². The summed E-state index contributed by atoms with van der Waals surface area (Å²) in [5.41, 5.74) is 2.53. The molecule has 1 amide bonds. The van der Waals surface area contributed by atoms with E-state index in [4.69, 9.17) is 9.73 Å². The fraction of sp³-hybridized carbons (Fsp3) is 0.680. The Morgan fingerprint density at radius 2 is 1.90 bits per heavy atom. The molecule has 0 saturated carbocycles. The average Bonchev–Trinajstić information content (AvgIpc) is 2.78. The molecular formula is C25H40N4O2. The Kier molecular flexibility index (Phi) is 8.76. The summed E-state index contributed by atoms with van der Waals surface area (Å²) in [7, 11) is 0. The van der Waals surface area contributed by atoms with Gasteiger partial charge < -0.3 is 20.3 Å². The van der Waals surface area contributed by atoms with Crippen LogP contribution in [-0.2, 0) is 9.53 Å². The van der Waals surface area contributed by atoms with Crippen LogP contribution < -0.4 is 10.6 Å². The lowest BCUT2D eigenvalue weighted by Gasteiger charge is -2.34. The van der Waals surface area contributed by atoms with Crippen LogP contribution in [0.2, 0.25) is 0 Å². The van der Waals surface area contributed by atoms with Crippen LogP contribution in [0.5, 0.6) is 0 Å². The Labute approximate surface area is 187 Å². The number of piperidine rings is 1. The molecule has 1 aromatic rings. The maximum absolute atomic E-state index is 12.2. The maximum atomic E-state index is 12.2. The number of carbonyl (C=O) groups is 1. The van der Waals surface area contributed by atoms with Crippen LogP contribution in [0.15, 0.2) is 29.3 Å². The lowest BCUT2D eigenvalue weighted by atomic mass is 9.89. The third-order valence-corrected chi connectivity index (χ3v) is 6.32. The van der Waals surface area contributed by atoms with Gasteiger partial charge in [0.15, 0.2) is 5.96 Å². The molecule has 6 nitrogen and oxygen atoms in total. The Hall–Kier alpha value is -2.08. The Morgan fingerprint density at radius 1 is 1.19 bits per heavy atom. The van der Waals surface area contributed by atoms with Crippen LogP contribution in [0.4, 0.5) is 0 Å². The Morgan fingerprint density at radius 3 is 2.55 bits per heavy atom. The van der Waals surface area contributed by atoms with Crippen molar-refractivity contribution in [2.75, 3.05) is 32.8 Å². The van der Waals surface area contributed by atoms with Gasteiger partial charge in [-0.3, -0.25) is 9.79 Å². The molecule has 31 heavy (non-hydrogen) atoms. The maximum Gasteiger partial charge on any atom is 0.225 e. The smallest absolute Gasteiger partial charge is 0.225 e. The molecule has 2 saturated heterocycles. The van der Waals surface area contributed by atoms with Gasteiger partial charge in [0.05, 0.1) is 6.10 Å². The first kappa shape index (κ1) is 23.6. The summed E-state index contributed by atoms with van der Waals surface area (Å²) in [6.45, 7) is 12.2. The molecule has 0 spiro atoms. The van der Waals surface area contributed by atoms with E-state index in [1.807, 2.05) is 18.7 Å².